The van der Waals surface area contributed by atoms with Crippen LogP contribution in [-0.2, 0) is 14.3 Å². The summed E-state index contributed by atoms with van der Waals surface area (Å²) in [6.45, 7) is 16.0. The van der Waals surface area contributed by atoms with Crippen LogP contribution in [0.15, 0.2) is 18.2 Å². The van der Waals surface area contributed by atoms with Gasteiger partial charge < -0.3 is 20.3 Å². The molecule has 0 aliphatic heterocycles. The van der Waals surface area contributed by atoms with Gasteiger partial charge in [-0.1, -0.05) is 63.8 Å². The zero-order chi connectivity index (χ0) is 27.8. The Bertz CT molecular complexity index is 920. The van der Waals surface area contributed by atoms with Gasteiger partial charge in [0.1, 0.15) is 17.7 Å². The molecular formula is C30H49N3O4. The van der Waals surface area contributed by atoms with Crippen LogP contribution in [0.5, 0.6) is 0 Å². The molecular weight excluding hydrogens is 466 g/mol. The highest BCUT2D eigenvalue weighted by Crippen LogP contribution is 2.36. The van der Waals surface area contributed by atoms with Crippen molar-refractivity contribution in [2.45, 2.75) is 124 Å². The van der Waals surface area contributed by atoms with Gasteiger partial charge >= 0.3 is 6.09 Å². The second-order valence-corrected chi connectivity index (χ2v) is 11.6. The molecule has 0 spiro atoms. The summed E-state index contributed by atoms with van der Waals surface area (Å²) in [5.74, 6) is -0.515. The van der Waals surface area contributed by atoms with E-state index in [-0.39, 0.29) is 23.8 Å². The van der Waals surface area contributed by atoms with Gasteiger partial charge in [0.05, 0.1) is 0 Å². The maximum Gasteiger partial charge on any atom is 0.408 e. The lowest BCUT2D eigenvalue weighted by molar-refractivity contribution is -0.148. The lowest BCUT2D eigenvalue weighted by Gasteiger charge is -2.44. The van der Waals surface area contributed by atoms with Crippen molar-refractivity contribution >= 4 is 17.9 Å². The number of aryl methyl sites for hydroxylation is 2. The number of rotatable bonds is 12. The molecule has 37 heavy (non-hydrogen) atoms. The van der Waals surface area contributed by atoms with Crippen molar-refractivity contribution in [2.75, 3.05) is 6.54 Å². The summed E-state index contributed by atoms with van der Waals surface area (Å²) < 4.78 is 5.50. The first-order valence-corrected chi connectivity index (χ1v) is 14.1. The van der Waals surface area contributed by atoms with Crippen LogP contribution in [0.25, 0.3) is 0 Å². The summed E-state index contributed by atoms with van der Waals surface area (Å²) in [6, 6.07) is 4.45. The zero-order valence-corrected chi connectivity index (χ0v) is 24.3. The molecule has 7 heteroatoms. The van der Waals surface area contributed by atoms with E-state index < -0.39 is 23.8 Å². The molecule has 0 heterocycles. The number of hydrogen-bond donors (Lipinski definition) is 2. The third-order valence-corrected chi connectivity index (χ3v) is 7.21. The van der Waals surface area contributed by atoms with Crippen LogP contribution in [0.3, 0.4) is 0 Å². The van der Waals surface area contributed by atoms with E-state index in [0.29, 0.717) is 13.0 Å². The number of benzene rings is 1. The molecule has 3 unspecified atom stereocenters. The van der Waals surface area contributed by atoms with Crippen LogP contribution in [0.1, 0.15) is 109 Å². The molecule has 2 rings (SSSR count). The van der Waals surface area contributed by atoms with Crippen LogP contribution < -0.4 is 10.6 Å². The molecule has 1 aliphatic rings. The fourth-order valence-corrected chi connectivity index (χ4v) is 4.62. The first-order chi connectivity index (χ1) is 17.4. The number of hydrogen-bond acceptors (Lipinski definition) is 4. The largest absolute Gasteiger partial charge is 0.444 e. The molecule has 3 amide bonds. The molecule has 1 saturated carbocycles. The first-order valence-electron chi connectivity index (χ1n) is 14.1. The normalized spacial score (nSPS) is 16.2. The third-order valence-electron chi connectivity index (χ3n) is 7.21. The highest BCUT2D eigenvalue weighted by atomic mass is 16.6. The summed E-state index contributed by atoms with van der Waals surface area (Å²) in [5.41, 5.74) is 2.17. The number of nitrogens with one attached hydrogen (secondary N) is 2. The summed E-state index contributed by atoms with van der Waals surface area (Å²) >= 11 is 0. The molecule has 7 nitrogen and oxygen atoms in total. The summed E-state index contributed by atoms with van der Waals surface area (Å²) in [5, 5.41) is 5.96. The molecule has 208 valence electrons. The number of ether oxygens (including phenoxy) is 1. The predicted octanol–water partition coefficient (Wildman–Crippen LogP) is 5.97. The minimum Gasteiger partial charge on any atom is -0.444 e. The van der Waals surface area contributed by atoms with Crippen LogP contribution >= 0.6 is 0 Å². The molecule has 0 radical (unpaired) electrons. The standard InChI is InChI=1S/C30H49N3O4/c1-9-11-12-18-31-27(34)26(24-19-20(3)16-17-22(24)5)33(23-14-13-15-23)28(35)25(21(4)10-2)32-29(36)37-30(6,7)8/h16-17,19,21,23,25-26H,9-15,18H2,1-8H3,(H,31,34)(H,32,36). The number of carbonyl (C=O) groups excluding carboxylic acids is 3. The average molecular weight is 516 g/mol. The van der Waals surface area contributed by atoms with Gasteiger partial charge in [-0.15, -0.1) is 0 Å². The Hall–Kier alpha value is -2.57. The van der Waals surface area contributed by atoms with Gasteiger partial charge in [0, 0.05) is 12.6 Å². The number of alkyl carbamates (subject to hydrolysis) is 1. The Morgan fingerprint density at radius 3 is 2.32 bits per heavy atom. The Morgan fingerprint density at radius 1 is 1.11 bits per heavy atom. The fourth-order valence-electron chi connectivity index (χ4n) is 4.62. The smallest absolute Gasteiger partial charge is 0.408 e. The molecule has 1 fully saturated rings. The number of unbranched alkanes of at least 4 members (excludes halogenated alkanes) is 2. The van der Waals surface area contributed by atoms with Gasteiger partial charge in [-0.2, -0.15) is 0 Å². The van der Waals surface area contributed by atoms with E-state index in [2.05, 4.69) is 17.6 Å². The quantitative estimate of drug-likeness (QED) is 0.336. The molecule has 3 atom stereocenters. The van der Waals surface area contributed by atoms with Gasteiger partial charge in [0.2, 0.25) is 11.8 Å². The van der Waals surface area contributed by atoms with Crippen molar-refractivity contribution in [1.29, 1.82) is 0 Å². The highest BCUT2D eigenvalue weighted by molar-refractivity contribution is 5.92. The van der Waals surface area contributed by atoms with E-state index in [0.717, 1.165) is 55.2 Å². The van der Waals surface area contributed by atoms with Crippen LogP contribution in [-0.4, -0.2) is 47.0 Å². The summed E-state index contributed by atoms with van der Waals surface area (Å²) in [7, 11) is 0. The lowest BCUT2D eigenvalue weighted by Crippen LogP contribution is -2.59. The van der Waals surface area contributed by atoms with Gasteiger partial charge in [-0.25, -0.2) is 4.79 Å². The van der Waals surface area contributed by atoms with E-state index in [4.69, 9.17) is 4.74 Å². The average Bonchev–Trinajstić information content (AvgIpc) is 2.78. The molecule has 1 aromatic carbocycles. The Balaban J connectivity index is 2.51. The Kier molecular flexibility index (Phi) is 11.5. The molecule has 1 aliphatic carbocycles. The molecule has 0 bridgehead atoms. The van der Waals surface area contributed by atoms with Crippen LogP contribution in [0, 0.1) is 19.8 Å². The van der Waals surface area contributed by atoms with Crippen molar-refractivity contribution in [3.63, 3.8) is 0 Å². The van der Waals surface area contributed by atoms with E-state index >= 15 is 0 Å². The number of nitrogens with zero attached hydrogens (tertiary/aromatic N) is 1. The Morgan fingerprint density at radius 2 is 1.78 bits per heavy atom. The Labute approximate surface area is 224 Å². The van der Waals surface area contributed by atoms with Crippen molar-refractivity contribution in [3.8, 4) is 0 Å². The summed E-state index contributed by atoms with van der Waals surface area (Å²) in [6.07, 6.45) is 5.78. The van der Waals surface area contributed by atoms with Crippen LogP contribution in [0.4, 0.5) is 4.79 Å². The fraction of sp³-hybridized carbons (Fsp3) is 0.700. The van der Waals surface area contributed by atoms with Crippen molar-refractivity contribution in [3.05, 3.63) is 34.9 Å². The SMILES string of the molecule is CCCCCNC(=O)C(c1cc(C)ccc1C)N(C(=O)C(NC(=O)OC(C)(C)C)C(C)CC)C1CCC1. The highest BCUT2D eigenvalue weighted by Gasteiger charge is 2.43. The molecule has 2 N–H and O–H groups in total. The van der Waals surface area contributed by atoms with Gasteiger partial charge in [-0.3, -0.25) is 9.59 Å². The second kappa shape index (κ2) is 13.8. The maximum atomic E-state index is 14.3. The molecule has 0 saturated heterocycles. The monoisotopic (exact) mass is 515 g/mol. The molecule has 1 aromatic rings. The predicted molar refractivity (Wildman–Crippen MR) is 148 cm³/mol. The number of carbonyl (C=O) groups is 3. The second-order valence-electron chi connectivity index (χ2n) is 11.6. The van der Waals surface area contributed by atoms with Gasteiger partial charge in [-0.05, 0) is 77.3 Å². The zero-order valence-electron chi connectivity index (χ0n) is 24.3. The van der Waals surface area contributed by atoms with Crippen molar-refractivity contribution in [2.24, 2.45) is 5.92 Å². The van der Waals surface area contributed by atoms with E-state index in [1.165, 1.54) is 0 Å². The van der Waals surface area contributed by atoms with Crippen LogP contribution in [0.2, 0.25) is 0 Å². The van der Waals surface area contributed by atoms with Crippen molar-refractivity contribution < 1.29 is 19.1 Å². The third kappa shape index (κ3) is 8.75. The summed E-state index contributed by atoms with van der Waals surface area (Å²) in [4.78, 5) is 42.7. The minimum atomic E-state index is -0.791. The lowest BCUT2D eigenvalue weighted by atomic mass is 9.86. The van der Waals surface area contributed by atoms with Gasteiger partial charge in [0.25, 0.3) is 0 Å². The maximum absolute atomic E-state index is 14.3. The molecule has 0 aromatic heterocycles. The van der Waals surface area contributed by atoms with E-state index in [1.807, 2.05) is 45.9 Å². The first kappa shape index (κ1) is 30.7. The van der Waals surface area contributed by atoms with Crippen molar-refractivity contribution in [1.82, 2.24) is 15.5 Å². The topological polar surface area (TPSA) is 87.7 Å². The van der Waals surface area contributed by atoms with E-state index in [9.17, 15) is 14.4 Å². The minimum absolute atomic E-state index is 0.0502. The van der Waals surface area contributed by atoms with Gasteiger partial charge in [0.15, 0.2) is 0 Å². The number of amides is 3. The van der Waals surface area contributed by atoms with E-state index in [1.54, 1.807) is 25.7 Å².